The molecule has 0 spiro atoms. The van der Waals surface area contributed by atoms with Gasteiger partial charge in [-0.1, -0.05) is 0 Å². The summed E-state index contributed by atoms with van der Waals surface area (Å²) >= 11 is 0. The monoisotopic (exact) mass is 245 g/mol. The number of hydrogen-bond donors (Lipinski definition) is 1. The molecule has 0 aromatic carbocycles. The van der Waals surface area contributed by atoms with Crippen molar-refractivity contribution in [2.75, 3.05) is 13.2 Å². The standard InChI is InChI=1S/C12H23NO4/c1-8-9(2)16-10(7-14)6-13(8)11(15)17-12(3,4)5/h8-10,14H,6-7H2,1-5H3/t8-,9+,10-/m1/s1. The predicted octanol–water partition coefficient (Wildman–Crippen LogP) is 1.39. The normalized spacial score (nSPS) is 30.2. The van der Waals surface area contributed by atoms with E-state index >= 15 is 0 Å². The third-order valence-corrected chi connectivity index (χ3v) is 2.81. The second kappa shape index (κ2) is 5.23. The summed E-state index contributed by atoms with van der Waals surface area (Å²) in [4.78, 5) is 13.6. The summed E-state index contributed by atoms with van der Waals surface area (Å²) in [5, 5.41) is 9.12. The first-order chi connectivity index (χ1) is 7.74. The fraction of sp³-hybridized carbons (Fsp3) is 0.917. The molecule has 17 heavy (non-hydrogen) atoms. The zero-order valence-corrected chi connectivity index (χ0v) is 11.3. The Balaban J connectivity index is 2.70. The average molecular weight is 245 g/mol. The molecule has 0 radical (unpaired) electrons. The van der Waals surface area contributed by atoms with Crippen LogP contribution in [-0.2, 0) is 9.47 Å². The van der Waals surface area contributed by atoms with Gasteiger partial charge in [0.15, 0.2) is 0 Å². The van der Waals surface area contributed by atoms with Crippen molar-refractivity contribution in [2.45, 2.75) is 58.5 Å². The maximum Gasteiger partial charge on any atom is 0.410 e. The zero-order valence-electron chi connectivity index (χ0n) is 11.3. The Morgan fingerprint density at radius 3 is 2.53 bits per heavy atom. The molecule has 1 N–H and O–H groups in total. The second-order valence-electron chi connectivity index (χ2n) is 5.52. The fourth-order valence-electron chi connectivity index (χ4n) is 1.76. The highest BCUT2D eigenvalue weighted by atomic mass is 16.6. The van der Waals surface area contributed by atoms with Gasteiger partial charge in [0.1, 0.15) is 5.60 Å². The van der Waals surface area contributed by atoms with Crippen LogP contribution in [0, 0.1) is 0 Å². The summed E-state index contributed by atoms with van der Waals surface area (Å²) in [5.74, 6) is 0. The topological polar surface area (TPSA) is 59.0 Å². The van der Waals surface area contributed by atoms with Crippen LogP contribution in [0.25, 0.3) is 0 Å². The Morgan fingerprint density at radius 2 is 2.06 bits per heavy atom. The Bertz CT molecular complexity index is 274. The first-order valence-corrected chi connectivity index (χ1v) is 6.00. The molecule has 1 amide bonds. The molecule has 0 bridgehead atoms. The van der Waals surface area contributed by atoms with Crippen molar-refractivity contribution in [1.82, 2.24) is 4.90 Å². The van der Waals surface area contributed by atoms with Crippen molar-refractivity contribution in [2.24, 2.45) is 0 Å². The van der Waals surface area contributed by atoms with Gasteiger partial charge in [-0.25, -0.2) is 4.79 Å². The van der Waals surface area contributed by atoms with Gasteiger partial charge in [-0.15, -0.1) is 0 Å². The Labute approximate surface area is 103 Å². The van der Waals surface area contributed by atoms with E-state index in [1.54, 1.807) is 4.90 Å². The van der Waals surface area contributed by atoms with E-state index in [4.69, 9.17) is 14.6 Å². The van der Waals surface area contributed by atoms with Crippen molar-refractivity contribution in [1.29, 1.82) is 0 Å². The van der Waals surface area contributed by atoms with Gasteiger partial charge in [0, 0.05) is 0 Å². The van der Waals surface area contributed by atoms with Crippen molar-refractivity contribution in [3.05, 3.63) is 0 Å². The SMILES string of the molecule is C[C@@H]1O[C@@H](CO)CN(C(=O)OC(C)(C)C)[C@@H]1C. The summed E-state index contributed by atoms with van der Waals surface area (Å²) in [6.45, 7) is 9.61. The predicted molar refractivity (Wildman–Crippen MR) is 63.8 cm³/mol. The molecule has 1 rings (SSSR count). The number of nitrogens with zero attached hydrogens (tertiary/aromatic N) is 1. The van der Waals surface area contributed by atoms with Gasteiger partial charge in [0.25, 0.3) is 0 Å². The van der Waals surface area contributed by atoms with E-state index in [9.17, 15) is 4.79 Å². The minimum absolute atomic E-state index is 0.0485. The van der Waals surface area contributed by atoms with Crippen molar-refractivity contribution >= 4 is 6.09 Å². The lowest BCUT2D eigenvalue weighted by molar-refractivity contribution is -0.119. The van der Waals surface area contributed by atoms with E-state index < -0.39 is 5.60 Å². The highest BCUT2D eigenvalue weighted by Crippen LogP contribution is 2.20. The summed E-state index contributed by atoms with van der Waals surface area (Å²) in [6, 6.07) is -0.0485. The van der Waals surface area contributed by atoms with Gasteiger partial charge < -0.3 is 19.5 Å². The molecule has 100 valence electrons. The molecule has 1 fully saturated rings. The molecule has 1 saturated heterocycles. The van der Waals surface area contributed by atoms with Crippen LogP contribution in [-0.4, -0.2) is 53.1 Å². The molecule has 5 heteroatoms. The lowest BCUT2D eigenvalue weighted by atomic mass is 10.1. The van der Waals surface area contributed by atoms with Crippen LogP contribution in [0.1, 0.15) is 34.6 Å². The van der Waals surface area contributed by atoms with Crippen LogP contribution < -0.4 is 0 Å². The Morgan fingerprint density at radius 1 is 1.47 bits per heavy atom. The number of amides is 1. The maximum absolute atomic E-state index is 12.0. The van der Waals surface area contributed by atoms with E-state index in [0.29, 0.717) is 6.54 Å². The minimum Gasteiger partial charge on any atom is -0.444 e. The number of aliphatic hydroxyl groups is 1. The number of carbonyl (C=O) groups is 1. The zero-order chi connectivity index (χ0) is 13.2. The summed E-state index contributed by atoms with van der Waals surface area (Å²) in [7, 11) is 0. The van der Waals surface area contributed by atoms with Crippen LogP contribution >= 0.6 is 0 Å². The van der Waals surface area contributed by atoms with E-state index in [1.165, 1.54) is 0 Å². The molecule has 0 aliphatic carbocycles. The molecule has 0 aromatic heterocycles. The van der Waals surface area contributed by atoms with Crippen LogP contribution in [0.15, 0.2) is 0 Å². The Kier molecular flexibility index (Phi) is 4.38. The first kappa shape index (κ1) is 14.3. The van der Waals surface area contributed by atoms with Gasteiger partial charge in [0.2, 0.25) is 0 Å². The van der Waals surface area contributed by atoms with E-state index in [-0.39, 0.29) is 30.9 Å². The van der Waals surface area contributed by atoms with Crippen molar-refractivity contribution in [3.63, 3.8) is 0 Å². The molecular weight excluding hydrogens is 222 g/mol. The summed E-state index contributed by atoms with van der Waals surface area (Å²) < 4.78 is 10.9. The van der Waals surface area contributed by atoms with Gasteiger partial charge >= 0.3 is 6.09 Å². The van der Waals surface area contributed by atoms with Crippen LogP contribution in [0.4, 0.5) is 4.79 Å². The molecule has 0 unspecified atom stereocenters. The van der Waals surface area contributed by atoms with E-state index in [1.807, 2.05) is 34.6 Å². The van der Waals surface area contributed by atoms with E-state index in [2.05, 4.69) is 0 Å². The third kappa shape index (κ3) is 3.85. The van der Waals surface area contributed by atoms with Gasteiger partial charge in [0.05, 0.1) is 31.4 Å². The molecule has 3 atom stereocenters. The summed E-state index contributed by atoms with van der Waals surface area (Å²) in [6.07, 6.45) is -0.777. The van der Waals surface area contributed by atoms with E-state index in [0.717, 1.165) is 0 Å². The molecule has 1 aliphatic rings. The summed E-state index contributed by atoms with van der Waals surface area (Å²) in [5.41, 5.74) is -0.507. The number of carbonyl (C=O) groups excluding carboxylic acids is 1. The number of morpholine rings is 1. The number of aliphatic hydroxyl groups excluding tert-OH is 1. The molecular formula is C12H23NO4. The number of hydrogen-bond acceptors (Lipinski definition) is 4. The highest BCUT2D eigenvalue weighted by Gasteiger charge is 2.36. The molecule has 0 saturated carbocycles. The molecule has 5 nitrogen and oxygen atoms in total. The highest BCUT2D eigenvalue weighted by molar-refractivity contribution is 5.68. The fourth-order valence-corrected chi connectivity index (χ4v) is 1.76. The van der Waals surface area contributed by atoms with Gasteiger partial charge in [-0.05, 0) is 34.6 Å². The average Bonchev–Trinajstić information content (AvgIpc) is 2.19. The number of ether oxygens (including phenoxy) is 2. The first-order valence-electron chi connectivity index (χ1n) is 6.00. The number of rotatable bonds is 1. The van der Waals surface area contributed by atoms with Crippen LogP contribution in [0.2, 0.25) is 0 Å². The third-order valence-electron chi connectivity index (χ3n) is 2.81. The largest absolute Gasteiger partial charge is 0.444 e. The second-order valence-corrected chi connectivity index (χ2v) is 5.52. The van der Waals surface area contributed by atoms with Gasteiger partial charge in [-0.2, -0.15) is 0 Å². The van der Waals surface area contributed by atoms with Crippen molar-refractivity contribution in [3.8, 4) is 0 Å². The smallest absolute Gasteiger partial charge is 0.410 e. The van der Waals surface area contributed by atoms with Gasteiger partial charge in [-0.3, -0.25) is 0 Å². The van der Waals surface area contributed by atoms with Crippen molar-refractivity contribution < 1.29 is 19.4 Å². The molecule has 1 aliphatic heterocycles. The minimum atomic E-state index is -0.507. The van der Waals surface area contributed by atoms with Crippen LogP contribution in [0.3, 0.4) is 0 Å². The molecule has 1 heterocycles. The molecule has 0 aromatic rings. The van der Waals surface area contributed by atoms with Crippen LogP contribution in [0.5, 0.6) is 0 Å². The lowest BCUT2D eigenvalue weighted by Crippen LogP contribution is -2.56. The Hall–Kier alpha value is -0.810. The lowest BCUT2D eigenvalue weighted by Gasteiger charge is -2.41. The quantitative estimate of drug-likeness (QED) is 0.758. The maximum atomic E-state index is 12.0.